The molecule has 0 bridgehead atoms. The number of nitrogens with zero attached hydrogens (tertiary/aromatic N) is 1. The van der Waals surface area contributed by atoms with E-state index in [4.69, 9.17) is 24.4 Å². The van der Waals surface area contributed by atoms with E-state index < -0.39 is 0 Å². The van der Waals surface area contributed by atoms with Gasteiger partial charge >= 0.3 is 0 Å². The van der Waals surface area contributed by atoms with Gasteiger partial charge in [-0.05, 0) is 36.6 Å². The van der Waals surface area contributed by atoms with Crippen LogP contribution in [0.25, 0.3) is 0 Å². The van der Waals surface area contributed by atoms with E-state index in [2.05, 4.69) is 16.1 Å². The van der Waals surface area contributed by atoms with Crippen LogP contribution in [0.5, 0.6) is 0 Å². The Hall–Kier alpha value is -1.40. The minimum Gasteiger partial charge on any atom is -0.359 e. The fraction of sp³-hybridized carbons (Fsp3) is 0.200. The smallest absolute Gasteiger partial charge is 0.189 e. The maximum absolute atomic E-state index is 5.17. The lowest BCUT2D eigenvalue weighted by atomic mass is 10.3. The molecule has 0 aromatic heterocycles. The average molecular weight is 252 g/mol. The van der Waals surface area contributed by atoms with Gasteiger partial charge in [-0.2, -0.15) is 0 Å². The highest BCUT2D eigenvalue weighted by Crippen LogP contribution is 2.04. The van der Waals surface area contributed by atoms with Crippen LogP contribution in [0.15, 0.2) is 30.3 Å². The van der Waals surface area contributed by atoms with Gasteiger partial charge in [0.15, 0.2) is 10.2 Å². The number of nitrogens with one attached hydrogen (secondary N) is 3. The maximum Gasteiger partial charge on any atom is 0.189 e. The molecule has 16 heavy (non-hydrogen) atoms. The molecule has 3 N–H and O–H groups in total. The van der Waals surface area contributed by atoms with Crippen molar-refractivity contribution in [3.05, 3.63) is 30.3 Å². The molecule has 0 unspecified atom stereocenters. The second-order valence-corrected chi connectivity index (χ2v) is 4.11. The van der Waals surface area contributed by atoms with Crippen LogP contribution < -0.4 is 16.1 Å². The number of hydrazine groups is 1. The summed E-state index contributed by atoms with van der Waals surface area (Å²) < 4.78 is 0. The average Bonchev–Trinajstić information content (AvgIpc) is 2.66. The van der Waals surface area contributed by atoms with Gasteiger partial charge < -0.3 is 10.6 Å². The van der Waals surface area contributed by atoms with E-state index >= 15 is 0 Å². The Balaban J connectivity index is 1.87. The van der Waals surface area contributed by atoms with Crippen LogP contribution in [-0.4, -0.2) is 28.3 Å². The Morgan fingerprint density at radius 1 is 1.31 bits per heavy atom. The number of hydrogen-bond acceptors (Lipinski definition) is 2. The standard InChI is InChI=1S/C10H12N4S2/c15-9(12-8-4-2-1-3-5-8)13-14-7-6-11-10(14)16/h1-5H,6-7H2,(H,11,16)(H2,12,13,15). The van der Waals surface area contributed by atoms with Crippen molar-refractivity contribution in [1.29, 1.82) is 0 Å². The summed E-state index contributed by atoms with van der Waals surface area (Å²) in [5, 5.41) is 9.16. The van der Waals surface area contributed by atoms with Crippen LogP contribution in [-0.2, 0) is 0 Å². The lowest BCUT2D eigenvalue weighted by Crippen LogP contribution is -2.45. The molecule has 1 aliphatic rings. The van der Waals surface area contributed by atoms with E-state index in [0.29, 0.717) is 10.2 Å². The normalized spacial score (nSPS) is 14.5. The number of anilines is 1. The molecule has 0 aliphatic carbocycles. The monoisotopic (exact) mass is 252 g/mol. The van der Waals surface area contributed by atoms with Gasteiger partial charge in [0, 0.05) is 12.2 Å². The van der Waals surface area contributed by atoms with Crippen LogP contribution in [0.3, 0.4) is 0 Å². The topological polar surface area (TPSA) is 39.3 Å². The van der Waals surface area contributed by atoms with Crippen LogP contribution in [0, 0.1) is 0 Å². The zero-order valence-electron chi connectivity index (χ0n) is 8.56. The molecule has 0 radical (unpaired) electrons. The summed E-state index contributed by atoms with van der Waals surface area (Å²) in [6, 6.07) is 9.77. The first-order valence-corrected chi connectivity index (χ1v) is 5.75. The number of hydrogen-bond donors (Lipinski definition) is 3. The zero-order valence-corrected chi connectivity index (χ0v) is 10.2. The van der Waals surface area contributed by atoms with Gasteiger partial charge in [0.1, 0.15) is 0 Å². The molecule has 0 saturated carbocycles. The summed E-state index contributed by atoms with van der Waals surface area (Å²) in [6.45, 7) is 1.66. The molecule has 4 nitrogen and oxygen atoms in total. The Bertz CT molecular complexity index is 393. The molecule has 2 rings (SSSR count). The lowest BCUT2D eigenvalue weighted by Gasteiger charge is -2.20. The summed E-state index contributed by atoms with van der Waals surface area (Å²) >= 11 is 10.3. The molecule has 0 atom stereocenters. The maximum atomic E-state index is 5.17. The van der Waals surface area contributed by atoms with Gasteiger partial charge in [0.2, 0.25) is 0 Å². The van der Waals surface area contributed by atoms with E-state index in [1.807, 2.05) is 35.3 Å². The molecule has 1 aliphatic heterocycles. The first-order valence-electron chi connectivity index (χ1n) is 4.94. The minimum absolute atomic E-state index is 0.539. The molecule has 1 saturated heterocycles. The van der Waals surface area contributed by atoms with Crippen LogP contribution in [0.2, 0.25) is 0 Å². The predicted molar refractivity (Wildman–Crippen MR) is 73.1 cm³/mol. The van der Waals surface area contributed by atoms with Crippen molar-refractivity contribution < 1.29 is 0 Å². The number of para-hydroxylation sites is 1. The molecule has 1 heterocycles. The van der Waals surface area contributed by atoms with Crippen molar-refractivity contribution >= 4 is 40.3 Å². The second-order valence-electron chi connectivity index (χ2n) is 3.32. The highest BCUT2D eigenvalue weighted by molar-refractivity contribution is 7.80. The first-order chi connectivity index (χ1) is 7.75. The van der Waals surface area contributed by atoms with E-state index in [0.717, 1.165) is 18.8 Å². The van der Waals surface area contributed by atoms with E-state index in [-0.39, 0.29) is 0 Å². The molecule has 1 fully saturated rings. The summed E-state index contributed by atoms with van der Waals surface area (Å²) in [5.41, 5.74) is 3.98. The fourth-order valence-electron chi connectivity index (χ4n) is 1.38. The Labute approximate surface area is 105 Å². The van der Waals surface area contributed by atoms with E-state index in [1.165, 1.54) is 0 Å². The molecule has 1 aromatic rings. The van der Waals surface area contributed by atoms with Crippen LogP contribution in [0.4, 0.5) is 5.69 Å². The number of rotatable bonds is 2. The predicted octanol–water partition coefficient (Wildman–Crippen LogP) is 1.08. The number of benzene rings is 1. The molecule has 1 aromatic carbocycles. The van der Waals surface area contributed by atoms with Crippen molar-refractivity contribution in [3.63, 3.8) is 0 Å². The van der Waals surface area contributed by atoms with Crippen molar-refractivity contribution in [2.75, 3.05) is 18.4 Å². The summed E-state index contributed by atoms with van der Waals surface area (Å²) in [5.74, 6) is 0. The summed E-state index contributed by atoms with van der Waals surface area (Å²) in [7, 11) is 0. The van der Waals surface area contributed by atoms with Crippen molar-refractivity contribution in [2.24, 2.45) is 0 Å². The van der Waals surface area contributed by atoms with Crippen LogP contribution >= 0.6 is 24.4 Å². The summed E-state index contributed by atoms with van der Waals surface area (Å²) in [6.07, 6.45) is 0. The van der Waals surface area contributed by atoms with Gasteiger partial charge in [-0.25, -0.2) is 0 Å². The highest BCUT2D eigenvalue weighted by atomic mass is 32.1. The molecule has 84 valence electrons. The summed E-state index contributed by atoms with van der Waals surface area (Å²) in [4.78, 5) is 0. The quantitative estimate of drug-likeness (QED) is 0.684. The SMILES string of the molecule is S=C(Nc1ccccc1)NN1CCNC1=S. The van der Waals surface area contributed by atoms with Crippen molar-refractivity contribution in [3.8, 4) is 0 Å². The van der Waals surface area contributed by atoms with Gasteiger partial charge in [0.25, 0.3) is 0 Å². The van der Waals surface area contributed by atoms with Crippen molar-refractivity contribution in [1.82, 2.24) is 15.8 Å². The van der Waals surface area contributed by atoms with Crippen molar-refractivity contribution in [2.45, 2.75) is 0 Å². The molecule has 6 heteroatoms. The van der Waals surface area contributed by atoms with Gasteiger partial charge in [-0.1, -0.05) is 18.2 Å². The third kappa shape index (κ3) is 2.80. The third-order valence-electron chi connectivity index (χ3n) is 2.12. The molecule has 0 amide bonds. The van der Waals surface area contributed by atoms with Crippen LogP contribution in [0.1, 0.15) is 0 Å². The lowest BCUT2D eigenvalue weighted by molar-refractivity contribution is 0.426. The van der Waals surface area contributed by atoms with Gasteiger partial charge in [0.05, 0.1) is 6.54 Å². The van der Waals surface area contributed by atoms with E-state index in [1.54, 1.807) is 0 Å². The molecular formula is C10H12N4S2. The Morgan fingerprint density at radius 2 is 2.06 bits per heavy atom. The minimum atomic E-state index is 0.539. The fourth-order valence-corrected chi connectivity index (χ4v) is 1.85. The Morgan fingerprint density at radius 3 is 2.69 bits per heavy atom. The first kappa shape index (κ1) is 11.1. The highest BCUT2D eigenvalue weighted by Gasteiger charge is 2.16. The second kappa shape index (κ2) is 5.09. The van der Waals surface area contributed by atoms with Gasteiger partial charge in [-0.15, -0.1) is 0 Å². The van der Waals surface area contributed by atoms with Gasteiger partial charge in [-0.3, -0.25) is 10.4 Å². The number of thiocarbonyl (C=S) groups is 2. The largest absolute Gasteiger partial charge is 0.359 e. The van der Waals surface area contributed by atoms with E-state index in [9.17, 15) is 0 Å². The Kier molecular flexibility index (Phi) is 3.53. The molecule has 0 spiro atoms. The third-order valence-corrected chi connectivity index (χ3v) is 2.68. The zero-order chi connectivity index (χ0) is 11.4. The molecular weight excluding hydrogens is 240 g/mol.